The first-order valence-corrected chi connectivity index (χ1v) is 3.84. The van der Waals surface area contributed by atoms with Crippen molar-refractivity contribution in [3.63, 3.8) is 0 Å². The average Bonchev–Trinajstić information content (AvgIpc) is 2.08. The summed E-state index contributed by atoms with van der Waals surface area (Å²) in [4.78, 5) is 10.6. The normalized spacial score (nSPS) is 12.4. The molecule has 13 heavy (non-hydrogen) atoms. The minimum Gasteiger partial charge on any atom is -0.505 e. The highest BCUT2D eigenvalue weighted by Crippen LogP contribution is 2.30. The van der Waals surface area contributed by atoms with Crippen molar-refractivity contribution in [2.24, 2.45) is 0 Å². The van der Waals surface area contributed by atoms with Crippen molar-refractivity contribution < 1.29 is 15.0 Å². The van der Waals surface area contributed by atoms with E-state index in [2.05, 4.69) is 0 Å². The van der Waals surface area contributed by atoms with Gasteiger partial charge in [0.2, 0.25) is 0 Å². The summed E-state index contributed by atoms with van der Waals surface area (Å²) in [5, 5.41) is 18.1. The van der Waals surface area contributed by atoms with Crippen molar-refractivity contribution >= 4 is 11.7 Å². The van der Waals surface area contributed by atoms with Crippen LogP contribution in [0, 0.1) is 0 Å². The first-order chi connectivity index (χ1) is 6.04. The van der Waals surface area contributed by atoms with Crippen LogP contribution in [0.5, 0.6) is 5.75 Å². The summed E-state index contributed by atoms with van der Waals surface area (Å²) in [6.07, 6.45) is 0. The van der Waals surface area contributed by atoms with Crippen LogP contribution in [0.1, 0.15) is 18.4 Å². The van der Waals surface area contributed by atoms with Crippen LogP contribution in [-0.2, 0) is 4.79 Å². The maximum absolute atomic E-state index is 10.6. The number of anilines is 1. The summed E-state index contributed by atoms with van der Waals surface area (Å²) in [5.74, 6) is -1.87. The monoisotopic (exact) mass is 181 g/mol. The number of nitrogens with two attached hydrogens (primary N) is 1. The van der Waals surface area contributed by atoms with Crippen molar-refractivity contribution in [3.05, 3.63) is 23.8 Å². The van der Waals surface area contributed by atoms with Gasteiger partial charge in [-0.15, -0.1) is 0 Å². The highest BCUT2D eigenvalue weighted by Gasteiger charge is 2.18. The number of benzene rings is 1. The molecule has 0 heterocycles. The van der Waals surface area contributed by atoms with Crippen LogP contribution in [0.4, 0.5) is 5.69 Å². The van der Waals surface area contributed by atoms with E-state index in [0.717, 1.165) is 0 Å². The zero-order valence-corrected chi connectivity index (χ0v) is 7.19. The quantitative estimate of drug-likeness (QED) is 0.472. The van der Waals surface area contributed by atoms with E-state index in [0.29, 0.717) is 5.56 Å². The first-order valence-electron chi connectivity index (χ1n) is 3.84. The minimum atomic E-state index is -0.985. The Morgan fingerprint density at radius 2 is 2.15 bits per heavy atom. The van der Waals surface area contributed by atoms with Crippen LogP contribution in [0.25, 0.3) is 0 Å². The SMILES string of the molecule is CC(C(=O)O)c1cccc(N)c1O. The van der Waals surface area contributed by atoms with E-state index in [4.69, 9.17) is 10.8 Å². The molecular formula is C9H11NO3. The van der Waals surface area contributed by atoms with E-state index in [1.54, 1.807) is 12.1 Å². The van der Waals surface area contributed by atoms with Gasteiger partial charge in [-0.05, 0) is 13.0 Å². The van der Waals surface area contributed by atoms with Crippen molar-refractivity contribution in [2.45, 2.75) is 12.8 Å². The van der Waals surface area contributed by atoms with Gasteiger partial charge in [-0.3, -0.25) is 4.79 Å². The molecule has 0 aliphatic carbocycles. The van der Waals surface area contributed by atoms with Crippen LogP contribution in [-0.4, -0.2) is 16.2 Å². The zero-order valence-electron chi connectivity index (χ0n) is 7.19. The summed E-state index contributed by atoms with van der Waals surface area (Å²) < 4.78 is 0. The number of aromatic hydroxyl groups is 1. The van der Waals surface area contributed by atoms with E-state index in [1.807, 2.05) is 0 Å². The molecule has 0 fully saturated rings. The number of carboxylic acids is 1. The predicted octanol–water partition coefficient (Wildman–Crippen LogP) is 1.16. The van der Waals surface area contributed by atoms with Gasteiger partial charge in [0.1, 0.15) is 5.75 Å². The molecule has 0 spiro atoms. The van der Waals surface area contributed by atoms with Gasteiger partial charge in [0.15, 0.2) is 0 Å². The molecule has 1 unspecified atom stereocenters. The Morgan fingerprint density at radius 1 is 1.54 bits per heavy atom. The third-order valence-corrected chi connectivity index (χ3v) is 1.94. The Labute approximate surface area is 75.6 Å². The van der Waals surface area contributed by atoms with Gasteiger partial charge in [-0.1, -0.05) is 12.1 Å². The number of phenolic OH excluding ortho intramolecular Hbond substituents is 1. The predicted molar refractivity (Wildman–Crippen MR) is 48.6 cm³/mol. The summed E-state index contributed by atoms with van der Waals surface area (Å²) >= 11 is 0. The van der Waals surface area contributed by atoms with Gasteiger partial charge in [-0.25, -0.2) is 0 Å². The van der Waals surface area contributed by atoms with E-state index >= 15 is 0 Å². The van der Waals surface area contributed by atoms with Gasteiger partial charge in [0.05, 0.1) is 11.6 Å². The fraction of sp³-hybridized carbons (Fsp3) is 0.222. The van der Waals surface area contributed by atoms with Gasteiger partial charge >= 0.3 is 5.97 Å². The third-order valence-electron chi connectivity index (χ3n) is 1.94. The van der Waals surface area contributed by atoms with E-state index in [-0.39, 0.29) is 11.4 Å². The molecule has 0 radical (unpaired) electrons. The second-order valence-corrected chi connectivity index (χ2v) is 2.84. The molecule has 4 nitrogen and oxygen atoms in total. The Hall–Kier alpha value is -1.71. The minimum absolute atomic E-state index is 0.141. The third kappa shape index (κ3) is 1.72. The molecule has 0 aliphatic rings. The fourth-order valence-corrected chi connectivity index (χ4v) is 1.06. The summed E-state index contributed by atoms with van der Waals surface area (Å²) in [5.41, 5.74) is 5.96. The number of hydrogen-bond acceptors (Lipinski definition) is 3. The Bertz CT molecular complexity index is 336. The molecule has 0 saturated heterocycles. The van der Waals surface area contributed by atoms with Gasteiger partial charge < -0.3 is 15.9 Å². The van der Waals surface area contributed by atoms with Crippen molar-refractivity contribution in [2.75, 3.05) is 5.73 Å². The molecule has 4 N–H and O–H groups in total. The van der Waals surface area contributed by atoms with Gasteiger partial charge in [0.25, 0.3) is 0 Å². The summed E-state index contributed by atoms with van der Waals surface area (Å²) in [6, 6.07) is 4.68. The largest absolute Gasteiger partial charge is 0.505 e. The maximum Gasteiger partial charge on any atom is 0.310 e. The Balaban J connectivity index is 3.15. The van der Waals surface area contributed by atoms with Crippen LogP contribution >= 0.6 is 0 Å². The van der Waals surface area contributed by atoms with E-state index in [1.165, 1.54) is 13.0 Å². The number of carbonyl (C=O) groups is 1. The molecular weight excluding hydrogens is 170 g/mol. The number of rotatable bonds is 2. The van der Waals surface area contributed by atoms with E-state index in [9.17, 15) is 9.90 Å². The molecule has 1 atom stereocenters. The lowest BCUT2D eigenvalue weighted by Gasteiger charge is -2.09. The average molecular weight is 181 g/mol. The number of para-hydroxylation sites is 1. The molecule has 0 aliphatic heterocycles. The Morgan fingerprint density at radius 3 is 2.69 bits per heavy atom. The molecule has 70 valence electrons. The summed E-state index contributed by atoms with van der Waals surface area (Å²) in [6.45, 7) is 1.50. The van der Waals surface area contributed by atoms with Gasteiger partial charge in [-0.2, -0.15) is 0 Å². The number of carboxylic acid groups (broad SMARTS) is 1. The number of aliphatic carboxylic acids is 1. The standard InChI is InChI=1S/C9H11NO3/c1-5(9(12)13)6-3-2-4-7(10)8(6)11/h2-5,11H,10H2,1H3,(H,12,13). The summed E-state index contributed by atoms with van der Waals surface area (Å²) in [7, 11) is 0. The fourth-order valence-electron chi connectivity index (χ4n) is 1.06. The van der Waals surface area contributed by atoms with Gasteiger partial charge in [0, 0.05) is 5.56 Å². The van der Waals surface area contributed by atoms with Crippen LogP contribution in [0.3, 0.4) is 0 Å². The van der Waals surface area contributed by atoms with Crippen molar-refractivity contribution in [1.82, 2.24) is 0 Å². The second-order valence-electron chi connectivity index (χ2n) is 2.84. The zero-order chi connectivity index (χ0) is 10.0. The highest BCUT2D eigenvalue weighted by atomic mass is 16.4. The Kier molecular flexibility index (Phi) is 2.41. The van der Waals surface area contributed by atoms with E-state index < -0.39 is 11.9 Å². The lowest BCUT2D eigenvalue weighted by molar-refractivity contribution is -0.138. The molecule has 1 aromatic rings. The van der Waals surface area contributed by atoms with Crippen LogP contribution in [0.15, 0.2) is 18.2 Å². The number of nitrogen functional groups attached to an aromatic ring is 1. The van der Waals surface area contributed by atoms with Crippen LogP contribution in [0.2, 0.25) is 0 Å². The van der Waals surface area contributed by atoms with Crippen molar-refractivity contribution in [1.29, 1.82) is 0 Å². The molecule has 1 rings (SSSR count). The second kappa shape index (κ2) is 3.35. The lowest BCUT2D eigenvalue weighted by Crippen LogP contribution is -2.08. The molecule has 0 amide bonds. The van der Waals surface area contributed by atoms with Crippen LogP contribution < -0.4 is 5.73 Å². The highest BCUT2D eigenvalue weighted by molar-refractivity contribution is 5.78. The number of hydrogen-bond donors (Lipinski definition) is 3. The number of phenols is 1. The molecule has 1 aromatic carbocycles. The molecule has 0 aromatic heterocycles. The lowest BCUT2D eigenvalue weighted by atomic mass is 10.00. The molecule has 0 saturated carbocycles. The van der Waals surface area contributed by atoms with Crippen molar-refractivity contribution in [3.8, 4) is 5.75 Å². The maximum atomic E-state index is 10.6. The topological polar surface area (TPSA) is 83.5 Å². The smallest absolute Gasteiger partial charge is 0.310 e. The first kappa shape index (κ1) is 9.38. The molecule has 4 heteroatoms. The molecule has 0 bridgehead atoms.